The summed E-state index contributed by atoms with van der Waals surface area (Å²) in [6.07, 6.45) is 3.90. The molecular formula is C17H24N2O5S. The first-order valence-electron chi connectivity index (χ1n) is 8.67. The van der Waals surface area contributed by atoms with Crippen LogP contribution in [0.4, 0.5) is 0 Å². The standard InChI is InChI=1S/C17H24N2O5S/c20-17(18-12-15-4-3-11-23-15)13-24-14-5-7-16(8-6-14)25(21,22)19-9-1-2-10-19/h5-8,15H,1-4,9-13H2,(H,18,20)/t15-/m0/s1. The third-order valence-corrected chi connectivity index (χ3v) is 6.36. The van der Waals surface area contributed by atoms with E-state index in [1.165, 1.54) is 16.4 Å². The van der Waals surface area contributed by atoms with E-state index in [-0.39, 0.29) is 23.5 Å². The Morgan fingerprint density at radius 1 is 1.20 bits per heavy atom. The van der Waals surface area contributed by atoms with E-state index in [2.05, 4.69) is 5.32 Å². The van der Waals surface area contributed by atoms with Gasteiger partial charge in [0.15, 0.2) is 6.61 Å². The number of carbonyl (C=O) groups excluding carboxylic acids is 1. The highest BCUT2D eigenvalue weighted by molar-refractivity contribution is 7.89. The van der Waals surface area contributed by atoms with Crippen LogP contribution in [0.1, 0.15) is 25.7 Å². The summed E-state index contributed by atoms with van der Waals surface area (Å²) in [6, 6.07) is 6.20. The smallest absolute Gasteiger partial charge is 0.258 e. The summed E-state index contributed by atoms with van der Waals surface area (Å²) in [6.45, 7) is 2.29. The lowest BCUT2D eigenvalue weighted by molar-refractivity contribution is -0.123. The third-order valence-electron chi connectivity index (χ3n) is 4.45. The van der Waals surface area contributed by atoms with E-state index < -0.39 is 10.0 Å². The maximum absolute atomic E-state index is 12.4. The minimum Gasteiger partial charge on any atom is -0.484 e. The molecule has 2 aliphatic heterocycles. The zero-order chi connectivity index (χ0) is 17.7. The van der Waals surface area contributed by atoms with E-state index in [0.29, 0.717) is 25.4 Å². The van der Waals surface area contributed by atoms with Crippen molar-refractivity contribution in [3.8, 4) is 5.75 Å². The molecule has 2 saturated heterocycles. The molecule has 0 radical (unpaired) electrons. The van der Waals surface area contributed by atoms with Gasteiger partial charge in [0.05, 0.1) is 11.0 Å². The summed E-state index contributed by atoms with van der Waals surface area (Å²) in [4.78, 5) is 12.0. The highest BCUT2D eigenvalue weighted by atomic mass is 32.2. The van der Waals surface area contributed by atoms with Crippen LogP contribution in [-0.4, -0.2) is 57.6 Å². The largest absolute Gasteiger partial charge is 0.484 e. The average Bonchev–Trinajstić information content (AvgIpc) is 3.32. The quantitative estimate of drug-likeness (QED) is 0.780. The molecule has 0 spiro atoms. The Hall–Kier alpha value is -1.64. The van der Waals surface area contributed by atoms with Crippen molar-refractivity contribution < 1.29 is 22.7 Å². The van der Waals surface area contributed by atoms with E-state index in [4.69, 9.17) is 9.47 Å². The Kier molecular flexibility index (Phi) is 5.93. The molecule has 7 nitrogen and oxygen atoms in total. The van der Waals surface area contributed by atoms with Crippen molar-refractivity contribution in [2.45, 2.75) is 36.7 Å². The van der Waals surface area contributed by atoms with Gasteiger partial charge >= 0.3 is 0 Å². The fraction of sp³-hybridized carbons (Fsp3) is 0.588. The topological polar surface area (TPSA) is 84.9 Å². The third kappa shape index (κ3) is 4.71. The minimum absolute atomic E-state index is 0.0963. The highest BCUT2D eigenvalue weighted by Gasteiger charge is 2.27. The molecule has 0 unspecified atom stereocenters. The van der Waals surface area contributed by atoms with Gasteiger partial charge in [0, 0.05) is 26.2 Å². The first-order chi connectivity index (χ1) is 12.1. The van der Waals surface area contributed by atoms with Crippen molar-refractivity contribution in [3.05, 3.63) is 24.3 Å². The van der Waals surface area contributed by atoms with E-state index >= 15 is 0 Å². The summed E-state index contributed by atoms with van der Waals surface area (Å²) in [5.41, 5.74) is 0. The second-order valence-corrected chi connectivity index (χ2v) is 8.25. The molecule has 25 heavy (non-hydrogen) atoms. The van der Waals surface area contributed by atoms with Crippen LogP contribution in [0.25, 0.3) is 0 Å². The minimum atomic E-state index is -3.42. The van der Waals surface area contributed by atoms with Gasteiger partial charge in [-0.3, -0.25) is 4.79 Å². The van der Waals surface area contributed by atoms with Gasteiger partial charge in [-0.1, -0.05) is 0 Å². The summed E-state index contributed by atoms with van der Waals surface area (Å²) < 4.78 is 37.2. The molecule has 1 N–H and O–H groups in total. The van der Waals surface area contributed by atoms with Crippen molar-refractivity contribution in [2.24, 2.45) is 0 Å². The van der Waals surface area contributed by atoms with E-state index in [1.807, 2.05) is 0 Å². The number of nitrogens with zero attached hydrogens (tertiary/aromatic N) is 1. The predicted molar refractivity (Wildman–Crippen MR) is 91.9 cm³/mol. The number of hydrogen-bond acceptors (Lipinski definition) is 5. The van der Waals surface area contributed by atoms with E-state index in [9.17, 15) is 13.2 Å². The van der Waals surface area contributed by atoms with Gasteiger partial charge in [-0.15, -0.1) is 0 Å². The molecule has 3 rings (SSSR count). The number of nitrogens with one attached hydrogen (secondary N) is 1. The molecule has 2 fully saturated rings. The van der Waals surface area contributed by atoms with E-state index in [1.54, 1.807) is 12.1 Å². The van der Waals surface area contributed by atoms with Crippen LogP contribution in [-0.2, 0) is 19.6 Å². The van der Waals surface area contributed by atoms with Gasteiger partial charge in [-0.05, 0) is 49.9 Å². The van der Waals surface area contributed by atoms with Crippen LogP contribution in [0.5, 0.6) is 5.75 Å². The molecule has 138 valence electrons. The number of rotatable bonds is 7. The molecule has 2 aliphatic rings. The SMILES string of the molecule is O=C(COc1ccc(S(=O)(=O)N2CCCC2)cc1)NC[C@@H]1CCCO1. The molecule has 0 bridgehead atoms. The fourth-order valence-electron chi connectivity index (χ4n) is 3.02. The zero-order valence-corrected chi connectivity index (χ0v) is 15.0. The lowest BCUT2D eigenvalue weighted by Gasteiger charge is -2.15. The van der Waals surface area contributed by atoms with Crippen molar-refractivity contribution >= 4 is 15.9 Å². The number of hydrogen-bond donors (Lipinski definition) is 1. The molecular weight excluding hydrogens is 344 g/mol. The molecule has 1 amide bonds. The second kappa shape index (κ2) is 8.16. The Balaban J connectivity index is 1.48. The average molecular weight is 368 g/mol. The Morgan fingerprint density at radius 2 is 1.92 bits per heavy atom. The first kappa shape index (κ1) is 18.2. The highest BCUT2D eigenvalue weighted by Crippen LogP contribution is 2.22. The fourth-order valence-corrected chi connectivity index (χ4v) is 4.54. The van der Waals surface area contributed by atoms with Crippen LogP contribution in [0.3, 0.4) is 0 Å². The summed E-state index contributed by atoms with van der Waals surface area (Å²) in [7, 11) is -3.42. The Morgan fingerprint density at radius 3 is 2.56 bits per heavy atom. The number of amides is 1. The number of sulfonamides is 1. The normalized spacial score (nSPS) is 21.4. The van der Waals surface area contributed by atoms with Crippen LogP contribution in [0.2, 0.25) is 0 Å². The lowest BCUT2D eigenvalue weighted by atomic mass is 10.2. The number of ether oxygens (including phenoxy) is 2. The van der Waals surface area contributed by atoms with Gasteiger partial charge < -0.3 is 14.8 Å². The first-order valence-corrected chi connectivity index (χ1v) is 10.1. The lowest BCUT2D eigenvalue weighted by Crippen LogP contribution is -2.35. The van der Waals surface area contributed by atoms with Crippen LogP contribution >= 0.6 is 0 Å². The molecule has 0 aliphatic carbocycles. The molecule has 2 heterocycles. The van der Waals surface area contributed by atoms with Gasteiger partial charge in [0.2, 0.25) is 10.0 Å². The van der Waals surface area contributed by atoms with Gasteiger partial charge in [0.1, 0.15) is 5.75 Å². The molecule has 0 saturated carbocycles. The van der Waals surface area contributed by atoms with Gasteiger partial charge in [-0.2, -0.15) is 4.31 Å². The van der Waals surface area contributed by atoms with Crippen molar-refractivity contribution in [1.29, 1.82) is 0 Å². The summed E-state index contributed by atoms with van der Waals surface area (Å²) in [5.74, 6) is 0.247. The van der Waals surface area contributed by atoms with Crippen LogP contribution < -0.4 is 10.1 Å². The summed E-state index contributed by atoms with van der Waals surface area (Å²) >= 11 is 0. The monoisotopic (exact) mass is 368 g/mol. The Labute approximate surface area is 148 Å². The van der Waals surface area contributed by atoms with E-state index in [0.717, 1.165) is 32.3 Å². The molecule has 1 aromatic carbocycles. The zero-order valence-electron chi connectivity index (χ0n) is 14.1. The second-order valence-electron chi connectivity index (χ2n) is 6.31. The number of carbonyl (C=O) groups is 1. The van der Waals surface area contributed by atoms with Crippen molar-refractivity contribution in [3.63, 3.8) is 0 Å². The Bertz CT molecular complexity index is 677. The van der Waals surface area contributed by atoms with Crippen LogP contribution in [0, 0.1) is 0 Å². The van der Waals surface area contributed by atoms with Crippen LogP contribution in [0.15, 0.2) is 29.2 Å². The maximum atomic E-state index is 12.4. The maximum Gasteiger partial charge on any atom is 0.258 e. The molecule has 0 aromatic heterocycles. The van der Waals surface area contributed by atoms with Crippen molar-refractivity contribution in [2.75, 3.05) is 32.8 Å². The molecule has 1 aromatic rings. The number of benzene rings is 1. The van der Waals surface area contributed by atoms with Gasteiger partial charge in [0.25, 0.3) is 5.91 Å². The molecule has 8 heteroatoms. The molecule has 1 atom stereocenters. The summed E-state index contributed by atoms with van der Waals surface area (Å²) in [5, 5.41) is 2.78. The van der Waals surface area contributed by atoms with Gasteiger partial charge in [-0.25, -0.2) is 8.42 Å². The predicted octanol–water partition coefficient (Wildman–Crippen LogP) is 1.15. The van der Waals surface area contributed by atoms with Crippen molar-refractivity contribution in [1.82, 2.24) is 9.62 Å².